The minimum atomic E-state index is 0.0578. The van der Waals surface area contributed by atoms with Crippen molar-refractivity contribution in [3.8, 4) is 0 Å². The van der Waals surface area contributed by atoms with Crippen molar-refractivity contribution >= 4 is 5.78 Å². The van der Waals surface area contributed by atoms with Crippen LogP contribution in [0.3, 0.4) is 0 Å². The smallest absolute Gasteiger partial charge is 0.149 e. The maximum atomic E-state index is 11.7. The first-order chi connectivity index (χ1) is 7.43. The molecule has 3 nitrogen and oxygen atoms in total. The molecule has 1 aliphatic carbocycles. The lowest BCUT2D eigenvalue weighted by molar-refractivity contribution is -0.124. The van der Waals surface area contributed by atoms with Crippen LogP contribution in [0.15, 0.2) is 0 Å². The van der Waals surface area contributed by atoms with Gasteiger partial charge in [-0.25, -0.2) is 0 Å². The number of carbonyl (C=O) groups excluding carboxylic acids is 1. The van der Waals surface area contributed by atoms with Crippen molar-refractivity contribution < 1.29 is 4.79 Å². The standard InChI is InChI=1S/C13H26N2O/c1-6-12(16)11(2)15(5)10-13(14(3)4)8-7-9-13/h11H,6-10H2,1-5H3. The molecule has 1 saturated carbocycles. The lowest BCUT2D eigenvalue weighted by Gasteiger charge is -2.50. The molecule has 0 aliphatic heterocycles. The summed E-state index contributed by atoms with van der Waals surface area (Å²) in [6.07, 6.45) is 4.48. The zero-order valence-corrected chi connectivity index (χ0v) is 11.4. The Balaban J connectivity index is 2.55. The van der Waals surface area contributed by atoms with Crippen LogP contribution in [0.25, 0.3) is 0 Å². The number of carbonyl (C=O) groups is 1. The van der Waals surface area contributed by atoms with Gasteiger partial charge in [-0.2, -0.15) is 0 Å². The average molecular weight is 226 g/mol. The summed E-state index contributed by atoms with van der Waals surface area (Å²) in [6.45, 7) is 4.97. The molecule has 3 heteroatoms. The molecular formula is C13H26N2O. The van der Waals surface area contributed by atoms with Crippen molar-refractivity contribution in [2.75, 3.05) is 27.7 Å². The molecule has 1 aliphatic rings. The van der Waals surface area contributed by atoms with Gasteiger partial charge in [0.1, 0.15) is 5.78 Å². The first kappa shape index (κ1) is 13.7. The molecule has 0 spiro atoms. The van der Waals surface area contributed by atoms with Crippen molar-refractivity contribution in [3.63, 3.8) is 0 Å². The van der Waals surface area contributed by atoms with E-state index in [1.54, 1.807) is 0 Å². The molecule has 0 radical (unpaired) electrons. The number of hydrogen-bond donors (Lipinski definition) is 0. The Labute approximate surface area is 99.8 Å². The van der Waals surface area contributed by atoms with Crippen LogP contribution in [0.2, 0.25) is 0 Å². The molecule has 0 heterocycles. The summed E-state index contributed by atoms with van der Waals surface area (Å²) >= 11 is 0. The van der Waals surface area contributed by atoms with Gasteiger partial charge in [-0.1, -0.05) is 6.92 Å². The SMILES string of the molecule is CCC(=O)C(C)N(C)CC1(N(C)C)CCC1. The third-order valence-electron chi connectivity index (χ3n) is 4.25. The number of likely N-dealkylation sites (N-methyl/N-ethyl adjacent to an activating group) is 2. The summed E-state index contributed by atoms with van der Waals surface area (Å²) in [5.41, 5.74) is 0.316. The molecule has 0 N–H and O–H groups in total. The van der Waals surface area contributed by atoms with Gasteiger partial charge < -0.3 is 4.90 Å². The number of Topliss-reactive ketones (excluding diaryl/α,β-unsaturated/α-hetero) is 1. The van der Waals surface area contributed by atoms with Gasteiger partial charge in [0.25, 0.3) is 0 Å². The van der Waals surface area contributed by atoms with Gasteiger partial charge in [0.15, 0.2) is 0 Å². The fourth-order valence-electron chi connectivity index (χ4n) is 2.47. The van der Waals surface area contributed by atoms with Crippen molar-refractivity contribution in [1.29, 1.82) is 0 Å². The highest BCUT2D eigenvalue weighted by atomic mass is 16.1. The third kappa shape index (κ3) is 2.64. The minimum Gasteiger partial charge on any atom is -0.302 e. The maximum Gasteiger partial charge on any atom is 0.149 e. The Hall–Kier alpha value is -0.410. The Morgan fingerprint density at radius 3 is 2.19 bits per heavy atom. The van der Waals surface area contributed by atoms with Gasteiger partial charge in [-0.05, 0) is 47.3 Å². The third-order valence-corrected chi connectivity index (χ3v) is 4.25. The summed E-state index contributed by atoms with van der Waals surface area (Å²) in [7, 11) is 6.38. The van der Waals surface area contributed by atoms with Gasteiger partial charge in [-0.15, -0.1) is 0 Å². The number of nitrogens with zero attached hydrogens (tertiary/aromatic N) is 2. The predicted molar refractivity (Wildman–Crippen MR) is 67.7 cm³/mol. The van der Waals surface area contributed by atoms with E-state index in [0.717, 1.165) is 6.54 Å². The van der Waals surface area contributed by atoms with Gasteiger partial charge >= 0.3 is 0 Å². The lowest BCUT2D eigenvalue weighted by atomic mass is 9.75. The molecule has 16 heavy (non-hydrogen) atoms. The number of hydrogen-bond acceptors (Lipinski definition) is 3. The number of ketones is 1. The van der Waals surface area contributed by atoms with Gasteiger partial charge in [0.05, 0.1) is 6.04 Å². The van der Waals surface area contributed by atoms with Gasteiger partial charge in [0, 0.05) is 18.5 Å². The summed E-state index contributed by atoms with van der Waals surface area (Å²) in [4.78, 5) is 16.2. The van der Waals surface area contributed by atoms with E-state index in [1.165, 1.54) is 19.3 Å². The highest BCUT2D eigenvalue weighted by Gasteiger charge is 2.40. The predicted octanol–water partition coefficient (Wildman–Crippen LogP) is 1.77. The summed E-state index contributed by atoms with van der Waals surface area (Å²) in [5.74, 6) is 0.343. The average Bonchev–Trinajstić information content (AvgIpc) is 2.20. The second-order valence-electron chi connectivity index (χ2n) is 5.38. The van der Waals surface area contributed by atoms with Crippen LogP contribution < -0.4 is 0 Å². The van der Waals surface area contributed by atoms with E-state index < -0.39 is 0 Å². The quantitative estimate of drug-likeness (QED) is 0.689. The molecule has 1 fully saturated rings. The first-order valence-electron chi connectivity index (χ1n) is 6.33. The molecule has 1 atom stereocenters. The van der Waals surface area contributed by atoms with Crippen LogP contribution in [0.5, 0.6) is 0 Å². The zero-order chi connectivity index (χ0) is 12.3. The van der Waals surface area contributed by atoms with Crippen LogP contribution in [0.1, 0.15) is 39.5 Å². The topological polar surface area (TPSA) is 23.6 Å². The van der Waals surface area contributed by atoms with Crippen LogP contribution in [-0.4, -0.2) is 54.9 Å². The van der Waals surface area contributed by atoms with Crippen LogP contribution in [-0.2, 0) is 4.79 Å². The molecule has 0 aromatic heterocycles. The number of rotatable bonds is 6. The second kappa shape index (κ2) is 5.28. The lowest BCUT2D eigenvalue weighted by Crippen LogP contribution is -2.58. The highest BCUT2D eigenvalue weighted by Crippen LogP contribution is 2.36. The molecule has 0 bridgehead atoms. The van der Waals surface area contributed by atoms with E-state index in [2.05, 4.69) is 30.9 Å². The van der Waals surface area contributed by atoms with E-state index in [9.17, 15) is 4.79 Å². The van der Waals surface area contributed by atoms with Crippen LogP contribution in [0.4, 0.5) is 0 Å². The van der Waals surface area contributed by atoms with Crippen molar-refractivity contribution in [1.82, 2.24) is 9.80 Å². The maximum absolute atomic E-state index is 11.7. The van der Waals surface area contributed by atoms with Gasteiger partial charge in [0.2, 0.25) is 0 Å². The van der Waals surface area contributed by atoms with Crippen molar-refractivity contribution in [3.05, 3.63) is 0 Å². The Morgan fingerprint density at radius 1 is 1.31 bits per heavy atom. The molecule has 1 unspecified atom stereocenters. The first-order valence-corrected chi connectivity index (χ1v) is 6.33. The Morgan fingerprint density at radius 2 is 1.88 bits per heavy atom. The highest BCUT2D eigenvalue weighted by molar-refractivity contribution is 5.83. The van der Waals surface area contributed by atoms with E-state index in [4.69, 9.17) is 0 Å². The molecule has 0 aromatic rings. The molecule has 0 aromatic carbocycles. The molecule has 0 amide bonds. The van der Waals surface area contributed by atoms with E-state index in [-0.39, 0.29) is 6.04 Å². The van der Waals surface area contributed by atoms with Crippen LogP contribution >= 0.6 is 0 Å². The summed E-state index contributed by atoms with van der Waals surface area (Å²) in [6, 6.07) is 0.0578. The van der Waals surface area contributed by atoms with E-state index >= 15 is 0 Å². The van der Waals surface area contributed by atoms with Gasteiger partial charge in [-0.3, -0.25) is 9.69 Å². The fraction of sp³-hybridized carbons (Fsp3) is 0.923. The molecular weight excluding hydrogens is 200 g/mol. The summed E-state index contributed by atoms with van der Waals surface area (Å²) < 4.78 is 0. The minimum absolute atomic E-state index is 0.0578. The normalized spacial score (nSPS) is 20.9. The molecule has 1 rings (SSSR count). The fourth-order valence-corrected chi connectivity index (χ4v) is 2.47. The van der Waals surface area contributed by atoms with Crippen molar-refractivity contribution in [2.24, 2.45) is 0 Å². The molecule has 0 saturated heterocycles. The largest absolute Gasteiger partial charge is 0.302 e. The second-order valence-corrected chi connectivity index (χ2v) is 5.38. The Bertz CT molecular complexity index is 246. The zero-order valence-electron chi connectivity index (χ0n) is 11.4. The van der Waals surface area contributed by atoms with Crippen LogP contribution in [0, 0.1) is 0 Å². The van der Waals surface area contributed by atoms with Crippen molar-refractivity contribution in [2.45, 2.75) is 51.1 Å². The monoisotopic (exact) mass is 226 g/mol. The molecule has 94 valence electrons. The van der Waals surface area contributed by atoms with E-state index in [1.807, 2.05) is 13.8 Å². The van der Waals surface area contributed by atoms with E-state index in [0.29, 0.717) is 17.7 Å². The summed E-state index contributed by atoms with van der Waals surface area (Å²) in [5, 5.41) is 0. The Kier molecular flexibility index (Phi) is 4.51.